The highest BCUT2D eigenvalue weighted by Gasteiger charge is 2.76. The van der Waals surface area contributed by atoms with Crippen LogP contribution in [0.3, 0.4) is 0 Å². The molecule has 7 unspecified atom stereocenters. The van der Waals surface area contributed by atoms with Crippen LogP contribution >= 0.6 is 0 Å². The van der Waals surface area contributed by atoms with Gasteiger partial charge in [0.05, 0.1) is 44.6 Å². The van der Waals surface area contributed by atoms with Gasteiger partial charge in [-0.25, -0.2) is 9.69 Å². The Balaban J connectivity index is 1.40. The fraction of sp³-hybridized carbons (Fsp3) is 0.269. The Labute approximate surface area is 386 Å². The number of carbonyl (C=O) groups is 6. The van der Waals surface area contributed by atoms with Crippen LogP contribution in [0.5, 0.6) is 5.75 Å². The number of ether oxygens (including phenoxy) is 4. The zero-order valence-corrected chi connectivity index (χ0v) is 36.7. The first-order valence-electron chi connectivity index (χ1n) is 21.6. The van der Waals surface area contributed by atoms with Crippen LogP contribution in [-0.2, 0) is 43.6 Å². The highest BCUT2D eigenvalue weighted by atomic mass is 16.6. The van der Waals surface area contributed by atoms with Crippen molar-refractivity contribution in [3.8, 4) is 17.6 Å². The number of carboxylic acids is 1. The summed E-state index contributed by atoms with van der Waals surface area (Å²) in [4.78, 5) is 88.1. The summed E-state index contributed by atoms with van der Waals surface area (Å²) in [5.41, 5.74) is 0.438. The Morgan fingerprint density at radius 1 is 0.791 bits per heavy atom. The number of nitrogens with zero attached hydrogens (tertiary/aromatic N) is 2. The number of aliphatic hydroxyl groups is 1. The number of aliphatic carboxylic acids is 1. The van der Waals surface area contributed by atoms with Crippen molar-refractivity contribution in [2.45, 2.75) is 49.0 Å². The summed E-state index contributed by atoms with van der Waals surface area (Å²) >= 11 is 0. The topological polar surface area (TPSA) is 198 Å². The number of carbonyl (C=O) groups excluding carboxylic acids is 5. The quantitative estimate of drug-likeness (QED) is 0.0573. The highest BCUT2D eigenvalue weighted by Crippen LogP contribution is 2.66. The van der Waals surface area contributed by atoms with Gasteiger partial charge in [-0.1, -0.05) is 115 Å². The maximum Gasteiger partial charge on any atom is 0.329 e. The molecule has 3 amide bonds. The van der Waals surface area contributed by atoms with Crippen molar-refractivity contribution in [2.24, 2.45) is 11.8 Å². The van der Waals surface area contributed by atoms with Gasteiger partial charge in [0, 0.05) is 12.0 Å². The minimum absolute atomic E-state index is 0.0447. The third-order valence-electron chi connectivity index (χ3n) is 12.6. The molecule has 15 heteroatoms. The minimum atomic E-state index is -2.27. The van der Waals surface area contributed by atoms with Gasteiger partial charge in [-0.2, -0.15) is 0 Å². The molecule has 3 aliphatic rings. The first-order chi connectivity index (χ1) is 32.5. The number of rotatable bonds is 12. The molecule has 0 radical (unpaired) electrons. The third-order valence-corrected chi connectivity index (χ3v) is 12.6. The zero-order valence-electron chi connectivity index (χ0n) is 36.7. The van der Waals surface area contributed by atoms with E-state index >= 15 is 4.79 Å². The van der Waals surface area contributed by atoms with Crippen LogP contribution in [0.1, 0.15) is 71.0 Å². The van der Waals surface area contributed by atoms with E-state index in [-0.39, 0.29) is 42.2 Å². The number of urea groups is 1. The van der Waals surface area contributed by atoms with Crippen LogP contribution in [0.2, 0.25) is 0 Å². The predicted octanol–water partition coefficient (Wildman–Crippen LogP) is 5.98. The standard InChI is InChI=1S/C52H47N3O12/c1-31(33-16-7-4-8-17-33)53-51(63)54-40-26-25-32(15-13-24-38(47(59)64-2)48(60)65-3)29-39(40)52(50(54)62)41(46(57)58)43-49(61)67-44(35-20-11-6-12-21-35)42(34-18-9-5-10-19-34)55(43)45(52)36-22-14-23-37(30-36)66-28-27-56/h4-12,14,16-23,25-26,29-31,38,41-45,56H,24,27-28H2,1-3H3,(H,53,63)(H,57,58). The fourth-order valence-corrected chi connectivity index (χ4v) is 9.78. The maximum atomic E-state index is 16.2. The molecular weight excluding hydrogens is 859 g/mol. The van der Waals surface area contributed by atoms with E-state index in [1.165, 1.54) is 18.2 Å². The number of anilines is 1. The molecule has 8 rings (SSSR count). The van der Waals surface area contributed by atoms with Gasteiger partial charge >= 0.3 is 29.9 Å². The number of methoxy groups -OCH3 is 2. The average molecular weight is 906 g/mol. The van der Waals surface area contributed by atoms with Crippen LogP contribution in [0, 0.1) is 23.7 Å². The summed E-state index contributed by atoms with van der Waals surface area (Å²) in [6.45, 7) is 1.36. The number of cyclic esters (lactones) is 1. The van der Waals surface area contributed by atoms with Gasteiger partial charge in [0.15, 0.2) is 5.92 Å². The second kappa shape index (κ2) is 19.4. The van der Waals surface area contributed by atoms with E-state index in [2.05, 4.69) is 17.2 Å². The highest BCUT2D eigenvalue weighted by molar-refractivity contribution is 6.24. The number of esters is 3. The van der Waals surface area contributed by atoms with E-state index in [4.69, 9.17) is 18.9 Å². The van der Waals surface area contributed by atoms with Gasteiger partial charge in [0.1, 0.15) is 35.8 Å². The molecule has 0 saturated carbocycles. The lowest BCUT2D eigenvalue weighted by Crippen LogP contribution is -2.54. The van der Waals surface area contributed by atoms with Crippen molar-refractivity contribution in [1.29, 1.82) is 0 Å². The van der Waals surface area contributed by atoms with Crippen molar-refractivity contribution in [2.75, 3.05) is 32.3 Å². The van der Waals surface area contributed by atoms with Crippen molar-refractivity contribution in [3.05, 3.63) is 167 Å². The molecule has 2 fully saturated rings. The summed E-state index contributed by atoms with van der Waals surface area (Å²) < 4.78 is 21.9. The largest absolute Gasteiger partial charge is 0.491 e. The van der Waals surface area contributed by atoms with E-state index in [0.29, 0.717) is 16.7 Å². The normalized spacial score (nSPS) is 22.2. The van der Waals surface area contributed by atoms with E-state index in [1.807, 2.05) is 66.7 Å². The number of amides is 3. The monoisotopic (exact) mass is 905 g/mol. The lowest BCUT2D eigenvalue weighted by Gasteiger charge is -2.46. The molecule has 3 heterocycles. The Kier molecular flexibility index (Phi) is 13.2. The van der Waals surface area contributed by atoms with Gasteiger partial charge in [-0.3, -0.25) is 28.9 Å². The molecule has 3 N–H and O–H groups in total. The predicted molar refractivity (Wildman–Crippen MR) is 241 cm³/mol. The molecule has 5 aromatic carbocycles. The molecule has 0 aromatic heterocycles. The van der Waals surface area contributed by atoms with Gasteiger partial charge in [0.2, 0.25) is 5.91 Å². The summed E-state index contributed by atoms with van der Waals surface area (Å²) in [7, 11) is 2.26. The Morgan fingerprint density at radius 2 is 1.42 bits per heavy atom. The number of fused-ring (bicyclic) bond motifs is 3. The van der Waals surface area contributed by atoms with Crippen molar-refractivity contribution < 1.29 is 57.9 Å². The van der Waals surface area contributed by atoms with Gasteiger partial charge in [-0.05, 0) is 65.1 Å². The zero-order chi connectivity index (χ0) is 47.4. The summed E-state index contributed by atoms with van der Waals surface area (Å²) in [5, 5.41) is 24.3. The maximum absolute atomic E-state index is 16.2. The molecule has 3 aliphatic heterocycles. The lowest BCUT2D eigenvalue weighted by molar-refractivity contribution is -0.179. The molecule has 2 saturated heterocycles. The van der Waals surface area contributed by atoms with Crippen LogP contribution in [0.15, 0.2) is 133 Å². The molecule has 7 atom stereocenters. The van der Waals surface area contributed by atoms with Crippen molar-refractivity contribution >= 4 is 41.5 Å². The van der Waals surface area contributed by atoms with Crippen LogP contribution in [-0.4, -0.2) is 84.4 Å². The number of aliphatic hydroxyl groups excluding tert-OH is 1. The SMILES string of the molecule is COC(=O)C(CC#Cc1ccc2c(c1)C1(C(=O)N2C(=O)NC(C)c2ccccc2)C(C(=O)O)C2C(=O)OC(c3ccccc3)C(c3ccccc3)N2C1c1cccc(OCCO)c1)C(=O)OC. The van der Waals surface area contributed by atoms with E-state index in [9.17, 15) is 34.2 Å². The van der Waals surface area contributed by atoms with Gasteiger partial charge < -0.3 is 34.5 Å². The molecular formula is C52H47N3O12. The summed E-state index contributed by atoms with van der Waals surface area (Å²) in [6.07, 6.45) is -1.32. The number of nitrogens with one attached hydrogen (secondary N) is 1. The molecule has 15 nitrogen and oxygen atoms in total. The third kappa shape index (κ3) is 8.26. The van der Waals surface area contributed by atoms with Crippen LogP contribution < -0.4 is 15.0 Å². The van der Waals surface area contributed by atoms with Crippen molar-refractivity contribution in [3.63, 3.8) is 0 Å². The van der Waals surface area contributed by atoms with E-state index in [0.717, 1.165) is 24.7 Å². The average Bonchev–Trinajstić information content (AvgIpc) is 3.81. The molecule has 342 valence electrons. The van der Waals surface area contributed by atoms with E-state index < -0.39 is 83.3 Å². The molecule has 0 aliphatic carbocycles. The molecule has 5 aromatic rings. The second-order valence-electron chi connectivity index (χ2n) is 16.3. The number of hydrogen-bond donors (Lipinski definition) is 3. The molecule has 0 bridgehead atoms. The summed E-state index contributed by atoms with van der Waals surface area (Å²) in [5.74, 6) is -2.24. The lowest BCUT2D eigenvalue weighted by atomic mass is 9.65. The minimum Gasteiger partial charge on any atom is -0.491 e. The number of imide groups is 1. The van der Waals surface area contributed by atoms with Gasteiger partial charge in [-0.15, -0.1) is 0 Å². The molecule has 1 spiro atoms. The molecule has 67 heavy (non-hydrogen) atoms. The number of hydrogen-bond acceptors (Lipinski definition) is 12. The number of benzene rings is 5. The van der Waals surface area contributed by atoms with Gasteiger partial charge in [0.25, 0.3) is 0 Å². The Morgan fingerprint density at radius 3 is 2.04 bits per heavy atom. The summed E-state index contributed by atoms with van der Waals surface area (Å²) in [6, 6.07) is 33.1. The van der Waals surface area contributed by atoms with E-state index in [1.54, 1.807) is 60.4 Å². The number of carboxylic acid groups (broad SMARTS) is 1. The first kappa shape index (κ1) is 45.8. The Hall–Kier alpha value is -7.80. The van der Waals surface area contributed by atoms with Crippen LogP contribution in [0.25, 0.3) is 0 Å². The Bertz CT molecular complexity index is 2740. The first-order valence-corrected chi connectivity index (χ1v) is 21.6. The smallest absolute Gasteiger partial charge is 0.329 e. The van der Waals surface area contributed by atoms with Crippen LogP contribution in [0.4, 0.5) is 10.5 Å². The number of morpholine rings is 1. The van der Waals surface area contributed by atoms with Crippen molar-refractivity contribution in [1.82, 2.24) is 10.2 Å². The second-order valence-corrected chi connectivity index (χ2v) is 16.3. The fourth-order valence-electron chi connectivity index (χ4n) is 9.78.